The van der Waals surface area contributed by atoms with Crippen molar-refractivity contribution >= 4 is 22.1 Å². The molecule has 2 unspecified atom stereocenters. The van der Waals surface area contributed by atoms with Crippen LogP contribution in [0.5, 0.6) is 0 Å². The third-order valence-electron chi connectivity index (χ3n) is 1.91. The van der Waals surface area contributed by atoms with Crippen LogP contribution in [-0.4, -0.2) is 30.0 Å². The van der Waals surface area contributed by atoms with Gasteiger partial charge in [0.15, 0.2) is 0 Å². The molecular formula is C6H13NO3S2. The fourth-order valence-electron chi connectivity index (χ4n) is 1.27. The Morgan fingerprint density at radius 1 is 1.58 bits per heavy atom. The van der Waals surface area contributed by atoms with Crippen LogP contribution >= 0.6 is 11.8 Å². The Balaban J connectivity index is 2.50. The summed E-state index contributed by atoms with van der Waals surface area (Å²) in [6.45, 7) is 1.96. The quantitative estimate of drug-likeness (QED) is 0.659. The molecule has 0 aromatic heterocycles. The Morgan fingerprint density at radius 3 is 2.75 bits per heavy atom. The zero-order chi connectivity index (χ0) is 9.19. The fourth-order valence-corrected chi connectivity index (χ4v) is 3.20. The van der Waals surface area contributed by atoms with Crippen molar-refractivity contribution in [3.63, 3.8) is 0 Å². The molecular weight excluding hydrogens is 198 g/mol. The Bertz CT molecular complexity index is 239. The molecule has 1 fully saturated rings. The summed E-state index contributed by atoms with van der Waals surface area (Å²) in [5, 5.41) is 0.251. The molecule has 0 amide bonds. The highest BCUT2D eigenvalue weighted by atomic mass is 32.2. The zero-order valence-corrected chi connectivity index (χ0v) is 8.49. The highest BCUT2D eigenvalue weighted by Gasteiger charge is 2.24. The van der Waals surface area contributed by atoms with E-state index in [2.05, 4.69) is 4.72 Å². The lowest BCUT2D eigenvalue weighted by Crippen LogP contribution is -2.42. The van der Waals surface area contributed by atoms with Crippen molar-refractivity contribution < 1.29 is 13.0 Å². The van der Waals surface area contributed by atoms with Crippen molar-refractivity contribution in [3.05, 3.63) is 0 Å². The number of nitrogens with one attached hydrogen (secondary N) is 1. The van der Waals surface area contributed by atoms with Gasteiger partial charge in [-0.1, -0.05) is 6.92 Å². The van der Waals surface area contributed by atoms with Crippen LogP contribution in [0.3, 0.4) is 0 Å². The Labute approximate surface area is 77.0 Å². The van der Waals surface area contributed by atoms with E-state index in [0.29, 0.717) is 0 Å². The van der Waals surface area contributed by atoms with Crippen LogP contribution in [-0.2, 0) is 10.3 Å². The molecule has 4 nitrogen and oxygen atoms in total. The van der Waals surface area contributed by atoms with Gasteiger partial charge in [-0.2, -0.15) is 24.9 Å². The normalized spacial score (nSPS) is 31.8. The highest BCUT2D eigenvalue weighted by Crippen LogP contribution is 2.25. The highest BCUT2D eigenvalue weighted by molar-refractivity contribution is 8.00. The van der Waals surface area contributed by atoms with E-state index in [1.165, 1.54) is 0 Å². The molecule has 72 valence electrons. The second kappa shape index (κ2) is 3.95. The fraction of sp³-hybridized carbons (Fsp3) is 1.00. The van der Waals surface area contributed by atoms with Crippen molar-refractivity contribution in [3.8, 4) is 0 Å². The van der Waals surface area contributed by atoms with Gasteiger partial charge in [0.2, 0.25) is 0 Å². The predicted octanol–water partition coefficient (Wildman–Crippen LogP) is 0.663. The van der Waals surface area contributed by atoms with Crippen molar-refractivity contribution in [2.45, 2.75) is 31.1 Å². The van der Waals surface area contributed by atoms with Gasteiger partial charge >= 0.3 is 10.3 Å². The molecule has 0 saturated carbocycles. The Hall–Kier alpha value is 0.220. The summed E-state index contributed by atoms with van der Waals surface area (Å²) in [4.78, 5) is 0. The minimum Gasteiger partial charge on any atom is -0.273 e. The Kier molecular flexibility index (Phi) is 3.39. The maximum atomic E-state index is 10.5. The zero-order valence-electron chi connectivity index (χ0n) is 6.86. The van der Waals surface area contributed by atoms with Gasteiger partial charge in [0.05, 0.1) is 0 Å². The average molecular weight is 211 g/mol. The van der Waals surface area contributed by atoms with Crippen LogP contribution in [0.2, 0.25) is 0 Å². The second-order valence-corrected chi connectivity index (χ2v) is 5.59. The first-order valence-corrected chi connectivity index (χ1v) is 6.34. The maximum Gasteiger partial charge on any atom is 0.333 e. The first kappa shape index (κ1) is 10.3. The lowest BCUT2D eigenvalue weighted by molar-refractivity contribution is 0.438. The van der Waals surface area contributed by atoms with Gasteiger partial charge in [0.1, 0.15) is 0 Å². The molecule has 0 spiro atoms. The topological polar surface area (TPSA) is 66.4 Å². The molecule has 1 rings (SSSR count). The average Bonchev–Trinajstić information content (AvgIpc) is 1.91. The first-order chi connectivity index (χ1) is 5.49. The lowest BCUT2D eigenvalue weighted by Gasteiger charge is -2.27. The van der Waals surface area contributed by atoms with Crippen molar-refractivity contribution in [2.75, 3.05) is 5.75 Å². The molecule has 6 heteroatoms. The summed E-state index contributed by atoms with van der Waals surface area (Å²) in [7, 11) is -4.02. The lowest BCUT2D eigenvalue weighted by atomic mass is 10.1. The molecule has 0 aromatic carbocycles. The van der Waals surface area contributed by atoms with E-state index in [4.69, 9.17) is 4.55 Å². The largest absolute Gasteiger partial charge is 0.333 e. The van der Waals surface area contributed by atoms with E-state index in [9.17, 15) is 8.42 Å². The summed E-state index contributed by atoms with van der Waals surface area (Å²) in [5.74, 6) is 1.07. The molecule has 2 N–H and O–H groups in total. The van der Waals surface area contributed by atoms with Gasteiger partial charge in [-0.25, -0.2) is 0 Å². The van der Waals surface area contributed by atoms with E-state index >= 15 is 0 Å². The number of hydrogen-bond acceptors (Lipinski definition) is 3. The van der Waals surface area contributed by atoms with Crippen LogP contribution in [0.1, 0.15) is 19.8 Å². The monoisotopic (exact) mass is 211 g/mol. The van der Waals surface area contributed by atoms with Crippen molar-refractivity contribution in [1.82, 2.24) is 4.72 Å². The molecule has 2 atom stereocenters. The molecule has 0 aromatic rings. The van der Waals surface area contributed by atoms with Gasteiger partial charge in [-0.05, 0) is 18.6 Å². The third-order valence-corrected chi connectivity index (χ3v) is 3.89. The third kappa shape index (κ3) is 3.30. The molecule has 1 heterocycles. The van der Waals surface area contributed by atoms with E-state index in [-0.39, 0.29) is 11.3 Å². The van der Waals surface area contributed by atoms with Gasteiger partial charge in [0.25, 0.3) is 0 Å². The molecule has 0 radical (unpaired) electrons. The van der Waals surface area contributed by atoms with Gasteiger partial charge in [-0.15, -0.1) is 0 Å². The minimum atomic E-state index is -4.02. The molecule has 12 heavy (non-hydrogen) atoms. The second-order valence-electron chi connectivity index (χ2n) is 2.92. The standard InChI is InChI=1S/C6H13NO3S2/c1-5-6(3-2-4-11-5)7-12(8,9)10/h5-7H,2-4H2,1H3,(H,8,9,10). The summed E-state index contributed by atoms with van der Waals surface area (Å²) >= 11 is 1.73. The summed E-state index contributed by atoms with van der Waals surface area (Å²) in [6, 6.07) is -0.112. The van der Waals surface area contributed by atoms with E-state index in [1.54, 1.807) is 11.8 Å². The van der Waals surface area contributed by atoms with Gasteiger partial charge < -0.3 is 0 Å². The SMILES string of the molecule is CC1SCCCC1NS(=O)(=O)O. The molecule has 1 saturated heterocycles. The number of thioether (sulfide) groups is 1. The Morgan fingerprint density at radius 2 is 2.25 bits per heavy atom. The van der Waals surface area contributed by atoms with Gasteiger partial charge in [-0.3, -0.25) is 4.55 Å². The van der Waals surface area contributed by atoms with Gasteiger partial charge in [0, 0.05) is 11.3 Å². The molecule has 0 bridgehead atoms. The van der Waals surface area contributed by atoms with Crippen LogP contribution < -0.4 is 4.72 Å². The summed E-state index contributed by atoms with van der Waals surface area (Å²) < 4.78 is 31.7. The maximum absolute atomic E-state index is 10.5. The molecule has 0 aliphatic carbocycles. The predicted molar refractivity (Wildman–Crippen MR) is 49.6 cm³/mol. The number of hydrogen-bond donors (Lipinski definition) is 2. The van der Waals surface area contributed by atoms with Crippen molar-refractivity contribution in [1.29, 1.82) is 0 Å². The van der Waals surface area contributed by atoms with Crippen LogP contribution in [0.25, 0.3) is 0 Å². The minimum absolute atomic E-state index is 0.112. The van der Waals surface area contributed by atoms with E-state index in [1.807, 2.05) is 6.92 Å². The van der Waals surface area contributed by atoms with Crippen LogP contribution in [0.4, 0.5) is 0 Å². The van der Waals surface area contributed by atoms with Crippen LogP contribution in [0.15, 0.2) is 0 Å². The molecule has 1 aliphatic heterocycles. The molecule has 1 aliphatic rings. The summed E-state index contributed by atoms with van der Waals surface area (Å²) in [5.41, 5.74) is 0. The summed E-state index contributed by atoms with van der Waals surface area (Å²) in [6.07, 6.45) is 1.82. The van der Waals surface area contributed by atoms with Crippen LogP contribution in [0, 0.1) is 0 Å². The first-order valence-electron chi connectivity index (χ1n) is 3.85. The smallest absolute Gasteiger partial charge is 0.273 e. The van der Waals surface area contributed by atoms with E-state index < -0.39 is 10.3 Å². The number of rotatable bonds is 2. The van der Waals surface area contributed by atoms with E-state index in [0.717, 1.165) is 18.6 Å². The van der Waals surface area contributed by atoms with Crippen molar-refractivity contribution in [2.24, 2.45) is 0 Å².